The van der Waals surface area contributed by atoms with E-state index in [2.05, 4.69) is 25.8 Å². The van der Waals surface area contributed by atoms with E-state index in [4.69, 9.17) is 4.74 Å². The highest BCUT2D eigenvalue weighted by Gasteiger charge is 2.13. The SMILES string of the molecule is CCCOc1ccc(C(O)Cn2ccnc2C(C)C)cc1. The molecule has 0 bridgehead atoms. The first kappa shape index (κ1) is 15.6. The molecule has 0 aliphatic rings. The smallest absolute Gasteiger partial charge is 0.119 e. The average Bonchev–Trinajstić information content (AvgIpc) is 2.94. The number of imidazole rings is 1. The van der Waals surface area contributed by atoms with Crippen LogP contribution in [0.25, 0.3) is 0 Å². The summed E-state index contributed by atoms with van der Waals surface area (Å²) < 4.78 is 7.56. The van der Waals surface area contributed by atoms with Crippen LogP contribution in [0, 0.1) is 0 Å². The number of ether oxygens (including phenoxy) is 1. The standard InChI is InChI=1S/C17H24N2O2/c1-4-11-21-15-7-5-14(6-8-15)16(20)12-19-10-9-18-17(19)13(2)3/h5-10,13,16,20H,4,11-12H2,1-3H3. The highest BCUT2D eigenvalue weighted by molar-refractivity contribution is 5.28. The molecule has 0 saturated carbocycles. The van der Waals surface area contributed by atoms with Crippen LogP contribution in [0.2, 0.25) is 0 Å². The van der Waals surface area contributed by atoms with Gasteiger partial charge in [0.25, 0.3) is 0 Å². The van der Waals surface area contributed by atoms with Gasteiger partial charge >= 0.3 is 0 Å². The van der Waals surface area contributed by atoms with Crippen LogP contribution in [0.1, 0.15) is 50.6 Å². The number of benzene rings is 1. The maximum atomic E-state index is 10.4. The van der Waals surface area contributed by atoms with Gasteiger partial charge in [0.05, 0.1) is 19.3 Å². The third-order valence-electron chi connectivity index (χ3n) is 3.37. The molecule has 114 valence electrons. The van der Waals surface area contributed by atoms with Crippen molar-refractivity contribution in [1.29, 1.82) is 0 Å². The van der Waals surface area contributed by atoms with Crippen molar-refractivity contribution < 1.29 is 9.84 Å². The minimum absolute atomic E-state index is 0.344. The lowest BCUT2D eigenvalue weighted by molar-refractivity contribution is 0.155. The Morgan fingerprint density at radius 3 is 2.57 bits per heavy atom. The molecular weight excluding hydrogens is 264 g/mol. The van der Waals surface area contributed by atoms with Crippen molar-refractivity contribution in [2.45, 2.75) is 45.8 Å². The fraction of sp³-hybridized carbons (Fsp3) is 0.471. The van der Waals surface area contributed by atoms with Gasteiger partial charge in [0.1, 0.15) is 11.6 Å². The van der Waals surface area contributed by atoms with Crippen molar-refractivity contribution in [2.24, 2.45) is 0 Å². The van der Waals surface area contributed by atoms with Crippen LogP contribution in [0.3, 0.4) is 0 Å². The van der Waals surface area contributed by atoms with Crippen molar-refractivity contribution in [3.8, 4) is 5.75 Å². The van der Waals surface area contributed by atoms with Crippen molar-refractivity contribution in [1.82, 2.24) is 9.55 Å². The second-order valence-electron chi connectivity index (χ2n) is 5.53. The molecule has 4 nitrogen and oxygen atoms in total. The molecule has 1 aromatic heterocycles. The second-order valence-corrected chi connectivity index (χ2v) is 5.53. The second kappa shape index (κ2) is 7.27. The third-order valence-corrected chi connectivity index (χ3v) is 3.37. The summed E-state index contributed by atoms with van der Waals surface area (Å²) in [7, 11) is 0. The Bertz CT molecular complexity index is 546. The number of nitrogens with zero attached hydrogens (tertiary/aromatic N) is 2. The Morgan fingerprint density at radius 1 is 1.24 bits per heavy atom. The molecule has 0 fully saturated rings. The van der Waals surface area contributed by atoms with Crippen molar-refractivity contribution in [3.63, 3.8) is 0 Å². The molecule has 1 unspecified atom stereocenters. The maximum Gasteiger partial charge on any atom is 0.119 e. The monoisotopic (exact) mass is 288 g/mol. The van der Waals surface area contributed by atoms with E-state index in [1.807, 2.05) is 35.0 Å². The summed E-state index contributed by atoms with van der Waals surface area (Å²) in [5, 5.41) is 10.4. The quantitative estimate of drug-likeness (QED) is 0.848. The first-order valence-electron chi connectivity index (χ1n) is 7.53. The van der Waals surface area contributed by atoms with Gasteiger partial charge < -0.3 is 14.4 Å². The number of aromatic nitrogens is 2. The fourth-order valence-electron chi connectivity index (χ4n) is 2.27. The van der Waals surface area contributed by atoms with Gasteiger partial charge in [-0.3, -0.25) is 0 Å². The van der Waals surface area contributed by atoms with Crippen molar-refractivity contribution in [3.05, 3.63) is 48.0 Å². The largest absolute Gasteiger partial charge is 0.494 e. The molecule has 1 heterocycles. The van der Waals surface area contributed by atoms with E-state index in [0.29, 0.717) is 19.1 Å². The molecule has 0 amide bonds. The van der Waals surface area contributed by atoms with Gasteiger partial charge in [0.2, 0.25) is 0 Å². The number of hydrogen-bond acceptors (Lipinski definition) is 3. The van der Waals surface area contributed by atoms with E-state index in [1.165, 1.54) is 0 Å². The van der Waals surface area contributed by atoms with E-state index in [0.717, 1.165) is 23.6 Å². The maximum absolute atomic E-state index is 10.4. The molecule has 1 aromatic carbocycles. The first-order chi connectivity index (χ1) is 10.1. The van der Waals surface area contributed by atoms with E-state index < -0.39 is 6.10 Å². The number of hydrogen-bond donors (Lipinski definition) is 1. The highest BCUT2D eigenvalue weighted by Crippen LogP contribution is 2.21. The average molecular weight is 288 g/mol. The number of aliphatic hydroxyl groups excluding tert-OH is 1. The van der Waals surface area contributed by atoms with E-state index >= 15 is 0 Å². The first-order valence-corrected chi connectivity index (χ1v) is 7.53. The third kappa shape index (κ3) is 4.08. The molecule has 0 saturated heterocycles. The normalized spacial score (nSPS) is 12.6. The zero-order valence-electron chi connectivity index (χ0n) is 13.0. The minimum atomic E-state index is -0.545. The summed E-state index contributed by atoms with van der Waals surface area (Å²) >= 11 is 0. The Hall–Kier alpha value is -1.81. The fourth-order valence-corrected chi connectivity index (χ4v) is 2.27. The molecule has 0 aliphatic carbocycles. The summed E-state index contributed by atoms with van der Waals surface area (Å²) in [6.45, 7) is 7.52. The number of rotatable bonds is 7. The Balaban J connectivity index is 2.02. The highest BCUT2D eigenvalue weighted by atomic mass is 16.5. The van der Waals surface area contributed by atoms with Crippen LogP contribution in [0.15, 0.2) is 36.7 Å². The molecule has 2 rings (SSSR count). The van der Waals surface area contributed by atoms with E-state index in [9.17, 15) is 5.11 Å². The predicted octanol–water partition coefficient (Wildman–Crippen LogP) is 3.53. The van der Waals surface area contributed by atoms with Crippen molar-refractivity contribution >= 4 is 0 Å². The summed E-state index contributed by atoms with van der Waals surface area (Å²) in [6, 6.07) is 7.65. The Kier molecular flexibility index (Phi) is 5.39. The van der Waals surface area contributed by atoms with Gasteiger partial charge in [-0.15, -0.1) is 0 Å². The van der Waals surface area contributed by atoms with Gasteiger partial charge in [0.15, 0.2) is 0 Å². The molecule has 1 N–H and O–H groups in total. The molecule has 1 atom stereocenters. The van der Waals surface area contributed by atoms with Crippen LogP contribution < -0.4 is 4.74 Å². The van der Waals surface area contributed by atoms with Crippen molar-refractivity contribution in [2.75, 3.05) is 6.61 Å². The molecule has 0 radical (unpaired) electrons. The van der Waals surface area contributed by atoms with Gasteiger partial charge in [-0.05, 0) is 24.1 Å². The molecule has 0 aliphatic heterocycles. The predicted molar refractivity (Wildman–Crippen MR) is 83.5 cm³/mol. The topological polar surface area (TPSA) is 47.3 Å². The molecule has 4 heteroatoms. The Labute approximate surface area is 126 Å². The van der Waals surface area contributed by atoms with Crippen LogP contribution in [0.4, 0.5) is 0 Å². The summed E-state index contributed by atoms with van der Waals surface area (Å²) in [6.07, 6.45) is 4.14. The molecule has 2 aromatic rings. The lowest BCUT2D eigenvalue weighted by atomic mass is 10.1. The lowest BCUT2D eigenvalue weighted by Gasteiger charge is -2.16. The summed E-state index contributed by atoms with van der Waals surface area (Å²) in [5.74, 6) is 2.19. The molecule has 21 heavy (non-hydrogen) atoms. The molecule has 0 spiro atoms. The van der Waals surface area contributed by atoms with Gasteiger partial charge in [-0.25, -0.2) is 4.98 Å². The van der Waals surface area contributed by atoms with Crippen LogP contribution in [-0.2, 0) is 6.54 Å². The van der Waals surface area contributed by atoms with Gasteiger partial charge in [-0.1, -0.05) is 32.9 Å². The Morgan fingerprint density at radius 2 is 1.95 bits per heavy atom. The van der Waals surface area contributed by atoms with Crippen LogP contribution in [0.5, 0.6) is 5.75 Å². The van der Waals surface area contributed by atoms with E-state index in [-0.39, 0.29) is 0 Å². The van der Waals surface area contributed by atoms with E-state index in [1.54, 1.807) is 6.20 Å². The summed E-state index contributed by atoms with van der Waals surface area (Å²) in [5.41, 5.74) is 0.891. The number of aliphatic hydroxyl groups is 1. The summed E-state index contributed by atoms with van der Waals surface area (Å²) in [4.78, 5) is 4.34. The lowest BCUT2D eigenvalue weighted by Crippen LogP contribution is -2.12. The van der Waals surface area contributed by atoms with Gasteiger partial charge in [-0.2, -0.15) is 0 Å². The van der Waals surface area contributed by atoms with Crippen LogP contribution in [-0.4, -0.2) is 21.3 Å². The van der Waals surface area contributed by atoms with Crippen LogP contribution >= 0.6 is 0 Å². The molecular formula is C17H24N2O2. The van der Waals surface area contributed by atoms with Gasteiger partial charge in [0, 0.05) is 18.3 Å². The minimum Gasteiger partial charge on any atom is -0.494 e. The zero-order chi connectivity index (χ0) is 15.2. The zero-order valence-corrected chi connectivity index (χ0v) is 13.0.